The van der Waals surface area contributed by atoms with E-state index in [0.717, 1.165) is 12.1 Å². The molecule has 0 radical (unpaired) electrons. The maximum Gasteiger partial charge on any atom is 0.416 e. The molecule has 160 valence electrons. The minimum atomic E-state index is -4.46. The summed E-state index contributed by atoms with van der Waals surface area (Å²) in [7, 11) is 0. The minimum absolute atomic E-state index is 0.0755. The molecule has 0 unspecified atom stereocenters. The summed E-state index contributed by atoms with van der Waals surface area (Å²) in [6.45, 7) is 0.826. The fourth-order valence-electron chi connectivity index (χ4n) is 3.51. The van der Waals surface area contributed by atoms with Crippen molar-refractivity contribution in [3.8, 4) is 22.9 Å². The summed E-state index contributed by atoms with van der Waals surface area (Å²) in [5, 5.41) is 3.80. The number of nitrogens with zero attached hydrogens (tertiary/aromatic N) is 3. The molecule has 0 bridgehead atoms. The van der Waals surface area contributed by atoms with Gasteiger partial charge in [-0.25, -0.2) is 0 Å². The van der Waals surface area contributed by atoms with Gasteiger partial charge < -0.3 is 18.9 Å². The van der Waals surface area contributed by atoms with E-state index >= 15 is 0 Å². The van der Waals surface area contributed by atoms with Gasteiger partial charge in [0.25, 0.3) is 5.91 Å². The van der Waals surface area contributed by atoms with Crippen LogP contribution in [0.25, 0.3) is 11.4 Å². The smallest absolute Gasteiger partial charge is 0.416 e. The topological polar surface area (TPSA) is 77.7 Å². The summed E-state index contributed by atoms with van der Waals surface area (Å²) in [6, 6.07) is 11.9. The number of hydrogen-bond donors (Lipinski definition) is 0. The molecule has 1 amide bonds. The predicted molar refractivity (Wildman–Crippen MR) is 100 cm³/mol. The fourth-order valence-corrected chi connectivity index (χ4v) is 3.51. The van der Waals surface area contributed by atoms with E-state index in [4.69, 9.17) is 14.0 Å². The third kappa shape index (κ3) is 3.69. The predicted octanol–water partition coefficient (Wildman–Crippen LogP) is 3.52. The summed E-state index contributed by atoms with van der Waals surface area (Å²) in [4.78, 5) is 18.5. The highest BCUT2D eigenvalue weighted by molar-refractivity contribution is 5.83. The molecule has 2 aromatic carbocycles. The average molecular weight is 431 g/mol. The second-order valence-corrected chi connectivity index (χ2v) is 7.34. The highest BCUT2D eigenvalue weighted by atomic mass is 19.4. The number of carbonyl (C=O) groups excluding carboxylic acids is 1. The summed E-state index contributed by atoms with van der Waals surface area (Å²) >= 11 is 0. The molecule has 10 heteroatoms. The van der Waals surface area contributed by atoms with Gasteiger partial charge in [0, 0.05) is 18.7 Å². The third-order valence-electron chi connectivity index (χ3n) is 5.22. The van der Waals surface area contributed by atoms with E-state index in [1.54, 1.807) is 23.1 Å². The number of benzene rings is 2. The lowest BCUT2D eigenvalue weighted by Crippen LogP contribution is -2.55. The molecule has 0 spiro atoms. The maximum absolute atomic E-state index is 12.9. The molecule has 2 aliphatic heterocycles. The van der Waals surface area contributed by atoms with E-state index < -0.39 is 17.8 Å². The lowest BCUT2D eigenvalue weighted by molar-refractivity contribution is -0.146. The number of hydrogen-bond acceptors (Lipinski definition) is 6. The summed E-state index contributed by atoms with van der Waals surface area (Å²) in [5.41, 5.74) is -0.573. The van der Waals surface area contributed by atoms with E-state index in [0.29, 0.717) is 24.6 Å². The van der Waals surface area contributed by atoms with Gasteiger partial charge in [-0.15, -0.1) is 0 Å². The molecule has 1 fully saturated rings. The lowest BCUT2D eigenvalue weighted by Gasteiger charge is -2.39. The normalized spacial score (nSPS) is 18.5. The van der Waals surface area contributed by atoms with Crippen LogP contribution in [0.1, 0.15) is 17.4 Å². The molecule has 0 N–H and O–H groups in total. The van der Waals surface area contributed by atoms with Crippen LogP contribution in [0, 0.1) is 0 Å². The molecule has 7 nitrogen and oxygen atoms in total. The molecule has 5 rings (SSSR count). The Kier molecular flexibility index (Phi) is 4.57. The highest BCUT2D eigenvalue weighted by Gasteiger charge is 2.40. The van der Waals surface area contributed by atoms with Crippen LogP contribution in [0.3, 0.4) is 0 Å². The first kappa shape index (κ1) is 19.4. The molecule has 1 aromatic heterocycles. The number of fused-ring (bicyclic) bond motifs is 1. The number of rotatable bonds is 3. The van der Waals surface area contributed by atoms with Crippen molar-refractivity contribution in [2.45, 2.75) is 18.2 Å². The van der Waals surface area contributed by atoms with Crippen molar-refractivity contribution < 1.29 is 32.0 Å². The van der Waals surface area contributed by atoms with Gasteiger partial charge in [-0.3, -0.25) is 4.79 Å². The fraction of sp³-hybridized carbons (Fsp3) is 0.286. The van der Waals surface area contributed by atoms with Crippen LogP contribution in [0.5, 0.6) is 11.5 Å². The lowest BCUT2D eigenvalue weighted by atomic mass is 9.99. The Morgan fingerprint density at radius 1 is 1.06 bits per heavy atom. The van der Waals surface area contributed by atoms with Crippen LogP contribution in [-0.2, 0) is 11.0 Å². The van der Waals surface area contributed by atoms with E-state index in [2.05, 4.69) is 10.1 Å². The Hall–Kier alpha value is -3.56. The van der Waals surface area contributed by atoms with Crippen molar-refractivity contribution in [3.63, 3.8) is 0 Å². The van der Waals surface area contributed by atoms with E-state index in [1.165, 1.54) is 12.1 Å². The Bertz CT molecular complexity index is 1120. The van der Waals surface area contributed by atoms with Crippen LogP contribution in [0.2, 0.25) is 0 Å². The highest BCUT2D eigenvalue weighted by Crippen LogP contribution is 2.34. The van der Waals surface area contributed by atoms with E-state index in [9.17, 15) is 18.0 Å². The van der Waals surface area contributed by atoms with Gasteiger partial charge in [-0.05, 0) is 24.3 Å². The van der Waals surface area contributed by atoms with E-state index in [-0.39, 0.29) is 35.7 Å². The number of amides is 1. The Morgan fingerprint density at radius 2 is 1.84 bits per heavy atom. The number of halogens is 3. The second-order valence-electron chi connectivity index (χ2n) is 7.34. The summed E-state index contributed by atoms with van der Waals surface area (Å²) < 4.78 is 55.3. The minimum Gasteiger partial charge on any atom is -0.485 e. The number of aromatic nitrogens is 2. The summed E-state index contributed by atoms with van der Waals surface area (Å²) in [5.74, 6) is 1.08. The van der Waals surface area contributed by atoms with Gasteiger partial charge in [0.15, 0.2) is 11.5 Å². The molecule has 2 aliphatic rings. The van der Waals surface area contributed by atoms with Crippen molar-refractivity contribution in [1.29, 1.82) is 0 Å². The van der Waals surface area contributed by atoms with Gasteiger partial charge in [-0.2, -0.15) is 18.2 Å². The second kappa shape index (κ2) is 7.29. The Labute approximate surface area is 174 Å². The van der Waals surface area contributed by atoms with Crippen LogP contribution < -0.4 is 9.47 Å². The first-order chi connectivity index (χ1) is 14.9. The van der Waals surface area contributed by atoms with Crippen molar-refractivity contribution in [2.75, 3.05) is 19.7 Å². The largest absolute Gasteiger partial charge is 0.485 e. The molecule has 0 saturated carbocycles. The van der Waals surface area contributed by atoms with Gasteiger partial charge in [0.2, 0.25) is 17.8 Å². The SMILES string of the molecule is O=C([C@@H]1COc2ccccc2O1)N1CC(c2nc(-c3cccc(C(F)(F)F)c3)no2)C1. The Morgan fingerprint density at radius 3 is 2.61 bits per heavy atom. The quantitative estimate of drug-likeness (QED) is 0.632. The van der Waals surface area contributed by atoms with Crippen molar-refractivity contribution in [3.05, 3.63) is 60.0 Å². The first-order valence-corrected chi connectivity index (χ1v) is 9.57. The zero-order valence-corrected chi connectivity index (χ0v) is 16.0. The van der Waals surface area contributed by atoms with E-state index in [1.807, 2.05) is 6.07 Å². The van der Waals surface area contributed by atoms with Gasteiger partial charge in [-0.1, -0.05) is 29.4 Å². The average Bonchev–Trinajstić information content (AvgIpc) is 3.21. The molecular weight excluding hydrogens is 415 g/mol. The third-order valence-corrected chi connectivity index (χ3v) is 5.22. The zero-order chi connectivity index (χ0) is 21.6. The molecule has 3 heterocycles. The summed E-state index contributed by atoms with van der Waals surface area (Å²) in [6.07, 6.45) is -5.19. The molecule has 1 atom stereocenters. The number of alkyl halides is 3. The van der Waals surface area contributed by atoms with Crippen LogP contribution >= 0.6 is 0 Å². The maximum atomic E-state index is 12.9. The van der Waals surface area contributed by atoms with Crippen molar-refractivity contribution in [1.82, 2.24) is 15.0 Å². The number of carbonyl (C=O) groups is 1. The zero-order valence-electron chi connectivity index (χ0n) is 16.0. The number of likely N-dealkylation sites (tertiary alicyclic amines) is 1. The van der Waals surface area contributed by atoms with Gasteiger partial charge in [0.1, 0.15) is 6.61 Å². The Balaban J connectivity index is 1.22. The van der Waals surface area contributed by atoms with Gasteiger partial charge >= 0.3 is 6.18 Å². The van der Waals surface area contributed by atoms with Crippen LogP contribution in [0.15, 0.2) is 53.1 Å². The van der Waals surface area contributed by atoms with Crippen molar-refractivity contribution >= 4 is 5.91 Å². The first-order valence-electron chi connectivity index (χ1n) is 9.57. The molecule has 31 heavy (non-hydrogen) atoms. The molecule has 3 aromatic rings. The monoisotopic (exact) mass is 431 g/mol. The van der Waals surface area contributed by atoms with Crippen molar-refractivity contribution in [2.24, 2.45) is 0 Å². The van der Waals surface area contributed by atoms with Gasteiger partial charge in [0.05, 0.1) is 11.5 Å². The number of ether oxygens (including phenoxy) is 2. The molecule has 1 saturated heterocycles. The van der Waals surface area contributed by atoms with Crippen LogP contribution in [0.4, 0.5) is 13.2 Å². The molecular formula is C21H16F3N3O4. The standard InChI is InChI=1S/C21H16F3N3O4/c22-21(23,24)14-5-3-4-12(8-14)18-25-19(31-26-18)13-9-27(10-13)20(28)17-11-29-15-6-1-2-7-16(15)30-17/h1-8,13,17H,9-11H2/t17-/m0/s1. The number of para-hydroxylation sites is 2. The van der Waals surface area contributed by atoms with Crippen LogP contribution in [-0.4, -0.2) is 46.7 Å². The molecule has 0 aliphatic carbocycles.